The zero-order valence-corrected chi connectivity index (χ0v) is 12.3. The summed E-state index contributed by atoms with van der Waals surface area (Å²) < 4.78 is 0. The average molecular weight is 286 g/mol. The number of urea groups is 1. The van der Waals surface area contributed by atoms with Crippen LogP contribution in [0.4, 0.5) is 4.79 Å². The fourth-order valence-corrected chi connectivity index (χ4v) is 2.80. The molecule has 0 aliphatic carbocycles. The van der Waals surface area contributed by atoms with E-state index in [1.807, 2.05) is 29.2 Å². The molecule has 1 aromatic heterocycles. The molecule has 0 saturated carbocycles. The molecule has 21 heavy (non-hydrogen) atoms. The number of carbonyl (C=O) groups excluding carboxylic acids is 1. The summed E-state index contributed by atoms with van der Waals surface area (Å²) in [7, 11) is 0. The molecule has 1 aromatic carbocycles. The summed E-state index contributed by atoms with van der Waals surface area (Å²) >= 11 is 0. The molecule has 0 atom stereocenters. The van der Waals surface area contributed by atoms with Crippen LogP contribution in [0.15, 0.2) is 24.3 Å². The number of benzene rings is 1. The number of fused-ring (bicyclic) bond motifs is 1. The summed E-state index contributed by atoms with van der Waals surface area (Å²) in [5, 5.41) is 3.00. The van der Waals surface area contributed by atoms with Gasteiger partial charge in [0.25, 0.3) is 0 Å². The van der Waals surface area contributed by atoms with Gasteiger partial charge < -0.3 is 15.2 Å². The van der Waals surface area contributed by atoms with Crippen molar-refractivity contribution in [3.05, 3.63) is 30.1 Å². The molecule has 1 fully saturated rings. The van der Waals surface area contributed by atoms with Crippen LogP contribution in [0.1, 0.15) is 31.5 Å². The van der Waals surface area contributed by atoms with Gasteiger partial charge in [-0.05, 0) is 25.0 Å². The van der Waals surface area contributed by atoms with E-state index in [0.717, 1.165) is 49.2 Å². The quantitative estimate of drug-likeness (QED) is 0.911. The van der Waals surface area contributed by atoms with Crippen molar-refractivity contribution >= 4 is 17.1 Å². The maximum absolute atomic E-state index is 12.1. The molecule has 5 nitrogen and oxygen atoms in total. The minimum atomic E-state index is 0.0630. The van der Waals surface area contributed by atoms with E-state index in [2.05, 4.69) is 15.3 Å². The smallest absolute Gasteiger partial charge is 0.317 e. The van der Waals surface area contributed by atoms with Gasteiger partial charge in [-0.1, -0.05) is 25.0 Å². The van der Waals surface area contributed by atoms with E-state index in [1.54, 1.807) is 0 Å². The second-order valence-corrected chi connectivity index (χ2v) is 5.58. The van der Waals surface area contributed by atoms with Gasteiger partial charge in [-0.15, -0.1) is 0 Å². The molecular formula is C16H22N4O. The van der Waals surface area contributed by atoms with Gasteiger partial charge in [0.15, 0.2) is 0 Å². The predicted octanol–water partition coefficient (Wildman–Crippen LogP) is 2.69. The van der Waals surface area contributed by atoms with Gasteiger partial charge in [0.2, 0.25) is 0 Å². The van der Waals surface area contributed by atoms with Crippen LogP contribution in [0.3, 0.4) is 0 Å². The molecule has 0 spiro atoms. The molecule has 2 amide bonds. The van der Waals surface area contributed by atoms with Crippen LogP contribution in [-0.2, 0) is 6.42 Å². The number of likely N-dealkylation sites (tertiary alicyclic amines) is 1. The second-order valence-electron chi connectivity index (χ2n) is 5.58. The van der Waals surface area contributed by atoms with Crippen molar-refractivity contribution < 1.29 is 4.79 Å². The standard InChI is InChI=1S/C16H22N4O/c21-16(20-11-5-1-2-6-12-20)17-10-9-15-18-13-7-3-4-8-14(13)19-15/h3-4,7-8H,1-2,5-6,9-12H2,(H,17,21)(H,18,19). The van der Waals surface area contributed by atoms with Crippen LogP contribution in [0.25, 0.3) is 11.0 Å². The van der Waals surface area contributed by atoms with E-state index >= 15 is 0 Å². The van der Waals surface area contributed by atoms with Crippen LogP contribution in [0.5, 0.6) is 0 Å². The lowest BCUT2D eigenvalue weighted by Crippen LogP contribution is -2.41. The number of carbonyl (C=O) groups is 1. The Morgan fingerprint density at radius 2 is 1.95 bits per heavy atom. The summed E-state index contributed by atoms with van der Waals surface area (Å²) in [6.07, 6.45) is 5.45. The topological polar surface area (TPSA) is 61.0 Å². The lowest BCUT2D eigenvalue weighted by molar-refractivity contribution is 0.200. The van der Waals surface area contributed by atoms with Gasteiger partial charge in [-0.25, -0.2) is 9.78 Å². The Bertz CT molecular complexity index is 566. The van der Waals surface area contributed by atoms with Crippen molar-refractivity contribution in [1.29, 1.82) is 0 Å². The molecule has 2 heterocycles. The van der Waals surface area contributed by atoms with E-state index in [-0.39, 0.29) is 6.03 Å². The van der Waals surface area contributed by atoms with E-state index < -0.39 is 0 Å². The molecular weight excluding hydrogens is 264 g/mol. The van der Waals surface area contributed by atoms with Crippen molar-refractivity contribution in [1.82, 2.24) is 20.2 Å². The van der Waals surface area contributed by atoms with Gasteiger partial charge in [0.1, 0.15) is 5.82 Å². The summed E-state index contributed by atoms with van der Waals surface area (Å²) in [5.41, 5.74) is 2.03. The molecule has 1 aliphatic rings. The fourth-order valence-electron chi connectivity index (χ4n) is 2.80. The molecule has 3 rings (SSSR count). The number of rotatable bonds is 3. The number of amides is 2. The number of hydrogen-bond acceptors (Lipinski definition) is 2. The zero-order valence-electron chi connectivity index (χ0n) is 12.3. The highest BCUT2D eigenvalue weighted by molar-refractivity contribution is 5.75. The third-order valence-electron chi connectivity index (χ3n) is 3.97. The molecule has 2 N–H and O–H groups in total. The normalized spacial score (nSPS) is 15.9. The van der Waals surface area contributed by atoms with E-state index in [9.17, 15) is 4.79 Å². The first-order valence-corrected chi connectivity index (χ1v) is 7.79. The number of imidazole rings is 1. The minimum Gasteiger partial charge on any atom is -0.342 e. The van der Waals surface area contributed by atoms with Gasteiger partial charge in [0.05, 0.1) is 11.0 Å². The number of aromatic nitrogens is 2. The average Bonchev–Trinajstić information content (AvgIpc) is 2.71. The van der Waals surface area contributed by atoms with Crippen molar-refractivity contribution in [2.24, 2.45) is 0 Å². The predicted molar refractivity (Wildman–Crippen MR) is 83.2 cm³/mol. The van der Waals surface area contributed by atoms with E-state index in [4.69, 9.17) is 0 Å². The molecule has 0 unspecified atom stereocenters. The molecule has 5 heteroatoms. The van der Waals surface area contributed by atoms with Gasteiger partial charge in [-0.3, -0.25) is 0 Å². The summed E-state index contributed by atoms with van der Waals surface area (Å²) in [6.45, 7) is 2.39. The minimum absolute atomic E-state index is 0.0630. The first-order valence-electron chi connectivity index (χ1n) is 7.79. The van der Waals surface area contributed by atoms with Crippen molar-refractivity contribution in [2.45, 2.75) is 32.1 Å². The largest absolute Gasteiger partial charge is 0.342 e. The van der Waals surface area contributed by atoms with Crippen LogP contribution in [-0.4, -0.2) is 40.5 Å². The Morgan fingerprint density at radius 3 is 2.71 bits per heavy atom. The van der Waals surface area contributed by atoms with Gasteiger partial charge >= 0.3 is 6.03 Å². The Hall–Kier alpha value is -2.04. The number of nitrogens with zero attached hydrogens (tertiary/aromatic N) is 2. The highest BCUT2D eigenvalue weighted by Crippen LogP contribution is 2.11. The van der Waals surface area contributed by atoms with Gasteiger partial charge in [-0.2, -0.15) is 0 Å². The van der Waals surface area contributed by atoms with E-state index in [0.29, 0.717) is 6.54 Å². The fraction of sp³-hybridized carbons (Fsp3) is 0.500. The highest BCUT2D eigenvalue weighted by atomic mass is 16.2. The van der Waals surface area contributed by atoms with Crippen molar-refractivity contribution in [3.63, 3.8) is 0 Å². The Kier molecular flexibility index (Phi) is 4.38. The SMILES string of the molecule is O=C(NCCc1nc2ccccc2[nH]1)N1CCCCCC1. The van der Waals surface area contributed by atoms with Crippen LogP contribution in [0.2, 0.25) is 0 Å². The van der Waals surface area contributed by atoms with Crippen LogP contribution in [0, 0.1) is 0 Å². The Morgan fingerprint density at radius 1 is 1.19 bits per heavy atom. The number of aromatic amines is 1. The molecule has 112 valence electrons. The number of hydrogen-bond donors (Lipinski definition) is 2. The number of H-pyrrole nitrogens is 1. The monoisotopic (exact) mass is 286 g/mol. The lowest BCUT2D eigenvalue weighted by atomic mass is 10.2. The Balaban J connectivity index is 1.49. The van der Waals surface area contributed by atoms with Crippen LogP contribution >= 0.6 is 0 Å². The third-order valence-corrected chi connectivity index (χ3v) is 3.97. The first kappa shape index (κ1) is 13.9. The maximum atomic E-state index is 12.1. The summed E-state index contributed by atoms with van der Waals surface area (Å²) in [4.78, 5) is 21.8. The van der Waals surface area contributed by atoms with Crippen molar-refractivity contribution in [3.8, 4) is 0 Å². The number of nitrogens with one attached hydrogen (secondary N) is 2. The molecule has 1 aliphatic heterocycles. The summed E-state index contributed by atoms with van der Waals surface area (Å²) in [5.74, 6) is 0.923. The first-order chi connectivity index (χ1) is 10.3. The van der Waals surface area contributed by atoms with Gasteiger partial charge in [0, 0.05) is 26.1 Å². The number of para-hydroxylation sites is 2. The lowest BCUT2D eigenvalue weighted by Gasteiger charge is -2.20. The zero-order chi connectivity index (χ0) is 14.5. The molecule has 1 saturated heterocycles. The summed E-state index contributed by atoms with van der Waals surface area (Å²) in [6, 6.07) is 8.04. The molecule has 2 aromatic rings. The van der Waals surface area contributed by atoms with Crippen molar-refractivity contribution in [2.75, 3.05) is 19.6 Å². The van der Waals surface area contributed by atoms with Crippen LogP contribution < -0.4 is 5.32 Å². The maximum Gasteiger partial charge on any atom is 0.317 e. The molecule has 0 bridgehead atoms. The second kappa shape index (κ2) is 6.61. The third kappa shape index (κ3) is 3.54. The van der Waals surface area contributed by atoms with E-state index in [1.165, 1.54) is 12.8 Å². The molecule has 0 radical (unpaired) electrons. The Labute approximate surface area is 124 Å². The highest BCUT2D eigenvalue weighted by Gasteiger charge is 2.14.